The summed E-state index contributed by atoms with van der Waals surface area (Å²) in [6.45, 7) is 2.48. The van der Waals surface area contributed by atoms with Crippen molar-refractivity contribution in [1.82, 2.24) is 34.0 Å². The van der Waals surface area contributed by atoms with Gasteiger partial charge in [0.15, 0.2) is 17.3 Å². The highest BCUT2D eigenvalue weighted by Crippen LogP contribution is 2.73. The molecule has 0 radical (unpaired) electrons. The maximum atomic E-state index is 14.6. The molecule has 5 heterocycles. The molecular weight excluding hydrogens is 693 g/mol. The van der Waals surface area contributed by atoms with Crippen molar-refractivity contribution in [3.8, 4) is 5.75 Å². The topological polar surface area (TPSA) is 157 Å². The van der Waals surface area contributed by atoms with E-state index in [1.165, 1.54) is 10.8 Å². The molecule has 0 bridgehead atoms. The molecule has 264 valence electrons. The number of nitrogens with zero attached hydrogens (tertiary/aromatic N) is 7. The molecule has 4 aromatic rings. The van der Waals surface area contributed by atoms with Crippen molar-refractivity contribution in [3.05, 3.63) is 80.0 Å². The zero-order valence-electron chi connectivity index (χ0n) is 27.1. The lowest BCUT2D eigenvalue weighted by Crippen LogP contribution is -2.49. The summed E-state index contributed by atoms with van der Waals surface area (Å²) in [4.78, 5) is 56.4. The van der Waals surface area contributed by atoms with Crippen molar-refractivity contribution in [3.63, 3.8) is 0 Å². The number of anilines is 1. The number of alkyl halides is 3. The van der Waals surface area contributed by atoms with Gasteiger partial charge in [0.05, 0.1) is 35.2 Å². The molecule has 3 fully saturated rings. The van der Waals surface area contributed by atoms with E-state index in [9.17, 15) is 32.7 Å². The van der Waals surface area contributed by atoms with Gasteiger partial charge < -0.3 is 24.6 Å². The van der Waals surface area contributed by atoms with Gasteiger partial charge in [-0.3, -0.25) is 14.4 Å². The average molecular weight is 723 g/mol. The number of fused-ring (bicyclic) bond motifs is 8. The quantitative estimate of drug-likeness (QED) is 0.310. The van der Waals surface area contributed by atoms with Gasteiger partial charge in [-0.05, 0) is 68.2 Å². The summed E-state index contributed by atoms with van der Waals surface area (Å²) in [5.74, 6) is -0.611. The summed E-state index contributed by atoms with van der Waals surface area (Å²) in [6.07, 6.45) is 1.01. The molecule has 3 aromatic heterocycles. The molecule has 1 aromatic carbocycles. The number of aromatic nitrogens is 6. The Bertz CT molecular complexity index is 2290. The molecule has 2 aliphatic heterocycles. The number of ether oxygens (including phenoxy) is 1. The van der Waals surface area contributed by atoms with Gasteiger partial charge in [-0.15, -0.1) is 5.10 Å². The number of nitrogens with one attached hydrogen (secondary N) is 1. The minimum Gasteiger partial charge on any atom is -0.504 e. The van der Waals surface area contributed by atoms with Crippen LogP contribution in [0.1, 0.15) is 70.4 Å². The highest BCUT2D eigenvalue weighted by molar-refractivity contribution is 6.33. The van der Waals surface area contributed by atoms with Crippen LogP contribution in [0.25, 0.3) is 11.4 Å². The van der Waals surface area contributed by atoms with Crippen LogP contribution in [0.2, 0.25) is 5.02 Å². The summed E-state index contributed by atoms with van der Waals surface area (Å²) >= 11 is 6.16. The first kappa shape index (κ1) is 32.1. The van der Waals surface area contributed by atoms with Crippen molar-refractivity contribution in [2.24, 2.45) is 11.8 Å². The number of halogens is 4. The normalized spacial score (nSPS) is 26.1. The first-order chi connectivity index (χ1) is 24.4. The summed E-state index contributed by atoms with van der Waals surface area (Å²) in [5.41, 5.74) is 0.554. The van der Waals surface area contributed by atoms with Gasteiger partial charge >= 0.3 is 6.18 Å². The second-order valence-corrected chi connectivity index (χ2v) is 14.3. The number of hydrogen-bond donors (Lipinski definition) is 2. The largest absolute Gasteiger partial charge is 0.504 e. The van der Waals surface area contributed by atoms with Crippen LogP contribution in [0.4, 0.5) is 18.9 Å². The Morgan fingerprint density at radius 2 is 2.02 bits per heavy atom. The van der Waals surface area contributed by atoms with Gasteiger partial charge in [-0.2, -0.15) is 22.7 Å². The van der Waals surface area contributed by atoms with E-state index in [-0.39, 0.29) is 69.7 Å². The van der Waals surface area contributed by atoms with Gasteiger partial charge in [0.1, 0.15) is 12.9 Å². The van der Waals surface area contributed by atoms with Crippen LogP contribution in [-0.2, 0) is 27.7 Å². The Hall–Kier alpha value is -4.83. The highest BCUT2D eigenvalue weighted by Gasteiger charge is 2.73. The standard InChI is InChI=1S/C34H30ClF3N8O5/c1-15-28(48)26(40-14-39-15)31(50)44-7-6-33(20-12-23(20)44)19-11-18(19)27-25(33)30(49)46-32(42-29(43-46)16-4-8-51-9-5-16)45(27)13-24(47)41-22-3-2-17(10-21(22)35)34(36,37)38/h2-4,10,14,18-20,23,48H,5-9,11-13H2,1H3,(H,41,47)/t18-,19+,20-,23+,33-/m1/s1. The molecule has 5 atom stereocenters. The van der Waals surface area contributed by atoms with Crippen LogP contribution < -0.4 is 10.9 Å². The number of carbonyl (C=O) groups is 2. The fourth-order valence-corrected chi connectivity index (χ4v) is 9.04. The Labute approximate surface area is 292 Å². The third-order valence-corrected chi connectivity index (χ3v) is 11.5. The van der Waals surface area contributed by atoms with Gasteiger partial charge in [0.2, 0.25) is 11.7 Å². The van der Waals surface area contributed by atoms with Crippen LogP contribution in [0.15, 0.2) is 35.4 Å². The lowest BCUT2D eigenvalue weighted by Gasteiger charge is -2.40. The number of amides is 2. The zero-order chi connectivity index (χ0) is 35.6. The maximum absolute atomic E-state index is 14.6. The molecular formula is C34H30ClF3N8O5. The summed E-state index contributed by atoms with van der Waals surface area (Å²) in [6, 6.07) is 2.55. The molecule has 2 saturated carbocycles. The maximum Gasteiger partial charge on any atom is 0.416 e. The van der Waals surface area contributed by atoms with Gasteiger partial charge in [0.25, 0.3) is 11.5 Å². The molecule has 1 spiro atoms. The number of benzene rings is 1. The van der Waals surface area contributed by atoms with Crippen molar-refractivity contribution in [1.29, 1.82) is 0 Å². The average Bonchev–Trinajstić information content (AvgIpc) is 4.02. The van der Waals surface area contributed by atoms with Crippen LogP contribution in [0.5, 0.6) is 5.75 Å². The summed E-state index contributed by atoms with van der Waals surface area (Å²) < 4.78 is 48.2. The van der Waals surface area contributed by atoms with Gasteiger partial charge in [0, 0.05) is 35.2 Å². The van der Waals surface area contributed by atoms with E-state index >= 15 is 0 Å². The SMILES string of the molecule is Cc1ncnc(C(=O)N2CC[C@]3(c4c(n(CC(=O)Nc5ccc(C(F)(F)F)cc5Cl)c5nc(C6=CCOCC6)nn5c4=O)[C@@H]4C[C@@H]43)[C@@H]3C[C@@H]32)c1O. The fraction of sp³-hybridized carbons (Fsp3) is 0.441. The second-order valence-electron chi connectivity index (χ2n) is 13.9. The fourth-order valence-electron chi connectivity index (χ4n) is 8.81. The van der Waals surface area contributed by atoms with Crippen LogP contribution in [0, 0.1) is 18.8 Å². The monoisotopic (exact) mass is 722 g/mol. The van der Waals surface area contributed by atoms with Crippen molar-refractivity contribution in [2.75, 3.05) is 25.1 Å². The first-order valence-electron chi connectivity index (χ1n) is 16.7. The number of piperidine rings is 1. The lowest BCUT2D eigenvalue weighted by atomic mass is 9.70. The van der Waals surface area contributed by atoms with E-state index in [2.05, 4.69) is 20.4 Å². The predicted molar refractivity (Wildman–Crippen MR) is 174 cm³/mol. The number of hydrogen-bond acceptors (Lipinski definition) is 9. The second kappa shape index (κ2) is 11.1. The van der Waals surface area contributed by atoms with E-state index in [1.54, 1.807) is 16.4 Å². The van der Waals surface area contributed by atoms with Crippen LogP contribution in [-0.4, -0.2) is 76.8 Å². The molecule has 2 amide bonds. The molecule has 17 heteroatoms. The van der Waals surface area contributed by atoms with Crippen LogP contribution in [0.3, 0.4) is 0 Å². The van der Waals surface area contributed by atoms with E-state index in [1.807, 2.05) is 6.08 Å². The lowest BCUT2D eigenvalue weighted by molar-refractivity contribution is -0.137. The van der Waals surface area contributed by atoms with E-state index in [0.717, 1.165) is 30.2 Å². The molecule has 0 unspecified atom stereocenters. The molecule has 13 nitrogen and oxygen atoms in total. The zero-order valence-corrected chi connectivity index (χ0v) is 27.8. The molecule has 51 heavy (non-hydrogen) atoms. The Morgan fingerprint density at radius 3 is 2.76 bits per heavy atom. The molecule has 2 N–H and O–H groups in total. The third-order valence-electron chi connectivity index (χ3n) is 11.2. The summed E-state index contributed by atoms with van der Waals surface area (Å²) in [7, 11) is 0. The Balaban J connectivity index is 1.11. The third kappa shape index (κ3) is 4.82. The van der Waals surface area contributed by atoms with Crippen molar-refractivity contribution >= 4 is 40.5 Å². The van der Waals surface area contributed by atoms with Gasteiger partial charge in [-0.25, -0.2) is 9.97 Å². The van der Waals surface area contributed by atoms with E-state index in [0.29, 0.717) is 61.8 Å². The minimum atomic E-state index is -4.60. The Kier molecular flexibility index (Phi) is 6.98. The van der Waals surface area contributed by atoms with E-state index < -0.39 is 23.1 Å². The predicted octanol–water partition coefficient (Wildman–Crippen LogP) is 4.10. The first-order valence-corrected chi connectivity index (χ1v) is 17.1. The Morgan fingerprint density at radius 1 is 1.20 bits per heavy atom. The molecule has 3 aliphatic carbocycles. The van der Waals surface area contributed by atoms with Crippen molar-refractivity contribution in [2.45, 2.75) is 62.7 Å². The van der Waals surface area contributed by atoms with Crippen LogP contribution >= 0.6 is 11.6 Å². The molecule has 5 aliphatic rings. The van der Waals surface area contributed by atoms with E-state index in [4.69, 9.17) is 21.3 Å². The number of carbonyl (C=O) groups excluding carboxylic acids is 2. The van der Waals surface area contributed by atoms with Gasteiger partial charge in [-0.1, -0.05) is 17.7 Å². The molecule has 1 saturated heterocycles. The minimum absolute atomic E-state index is 0.0152. The highest BCUT2D eigenvalue weighted by atomic mass is 35.5. The van der Waals surface area contributed by atoms with Crippen molar-refractivity contribution < 1.29 is 32.6 Å². The summed E-state index contributed by atoms with van der Waals surface area (Å²) in [5, 5.41) is 17.6. The number of aryl methyl sites for hydroxylation is 1. The number of rotatable bonds is 5. The number of aromatic hydroxyl groups is 1. The smallest absolute Gasteiger partial charge is 0.416 e. The number of likely N-dealkylation sites (tertiary alicyclic amines) is 1. The molecule has 9 rings (SSSR count).